The number of ether oxygens (including phenoxy) is 4. The third kappa shape index (κ3) is 12.6. The van der Waals surface area contributed by atoms with Gasteiger partial charge in [-0.05, 0) is 129 Å². The van der Waals surface area contributed by atoms with Crippen molar-refractivity contribution >= 4 is 28.6 Å². The van der Waals surface area contributed by atoms with Gasteiger partial charge >= 0.3 is 0 Å². The molecule has 0 fully saturated rings. The molecule has 0 bridgehead atoms. The van der Waals surface area contributed by atoms with Crippen molar-refractivity contribution in [3.8, 4) is 34.1 Å². The van der Waals surface area contributed by atoms with E-state index in [9.17, 15) is 10.2 Å². The summed E-state index contributed by atoms with van der Waals surface area (Å²) in [5, 5.41) is 36.7. The van der Waals surface area contributed by atoms with Crippen LogP contribution >= 0.6 is 0 Å². The minimum absolute atomic E-state index is 0.0380. The van der Waals surface area contributed by atoms with E-state index in [1.807, 2.05) is 121 Å². The highest BCUT2D eigenvalue weighted by Crippen LogP contribution is 2.33. The SMILES string of the molecule is C=CC(=CC=CN(c1ccc(C=C(c2ccc(OCCO)cc2)c2ccc(OCCO)cc2)cc1)c1ccc(-c2ccc(OCCO)cc2)cc1)c1ccc(OCCO)cc1. The monoisotopic (exact) mass is 817 g/mol. The lowest BCUT2D eigenvalue weighted by molar-refractivity contribution is 0.201. The maximum absolute atomic E-state index is 9.22. The summed E-state index contributed by atoms with van der Waals surface area (Å²) in [6.45, 7) is 4.78. The number of aliphatic hydroxyl groups excluding tert-OH is 4. The topological polar surface area (TPSA) is 121 Å². The highest BCUT2D eigenvalue weighted by Gasteiger charge is 2.11. The van der Waals surface area contributed by atoms with Gasteiger partial charge in [0.25, 0.3) is 0 Å². The number of hydrogen-bond acceptors (Lipinski definition) is 9. The molecular weight excluding hydrogens is 767 g/mol. The van der Waals surface area contributed by atoms with Crippen LogP contribution in [0.3, 0.4) is 0 Å². The van der Waals surface area contributed by atoms with E-state index >= 15 is 0 Å². The Morgan fingerprint density at radius 2 is 0.820 bits per heavy atom. The molecule has 0 aliphatic heterocycles. The fourth-order valence-corrected chi connectivity index (χ4v) is 6.48. The molecule has 9 heteroatoms. The van der Waals surface area contributed by atoms with Gasteiger partial charge in [-0.1, -0.05) is 91.5 Å². The molecule has 312 valence electrons. The van der Waals surface area contributed by atoms with Crippen molar-refractivity contribution in [1.29, 1.82) is 0 Å². The van der Waals surface area contributed by atoms with Gasteiger partial charge in [0.15, 0.2) is 0 Å². The predicted molar refractivity (Wildman–Crippen MR) is 244 cm³/mol. The Morgan fingerprint density at radius 1 is 0.459 bits per heavy atom. The van der Waals surface area contributed by atoms with Crippen LogP contribution in [0.25, 0.3) is 28.3 Å². The van der Waals surface area contributed by atoms with E-state index in [-0.39, 0.29) is 52.9 Å². The van der Waals surface area contributed by atoms with Crippen LogP contribution in [0.4, 0.5) is 11.4 Å². The zero-order valence-electron chi connectivity index (χ0n) is 34.0. The summed E-state index contributed by atoms with van der Waals surface area (Å²) in [5.74, 6) is 2.74. The average molecular weight is 818 g/mol. The van der Waals surface area contributed by atoms with Gasteiger partial charge in [-0.25, -0.2) is 0 Å². The van der Waals surface area contributed by atoms with Gasteiger partial charge in [0, 0.05) is 17.6 Å². The highest BCUT2D eigenvalue weighted by atomic mass is 16.5. The minimum atomic E-state index is -0.0611. The van der Waals surface area contributed by atoms with Crippen molar-refractivity contribution in [2.45, 2.75) is 0 Å². The van der Waals surface area contributed by atoms with Crippen molar-refractivity contribution in [2.24, 2.45) is 0 Å². The zero-order chi connectivity index (χ0) is 42.7. The Hall–Kier alpha value is -6.88. The van der Waals surface area contributed by atoms with E-state index in [4.69, 9.17) is 29.2 Å². The average Bonchev–Trinajstić information content (AvgIpc) is 3.32. The lowest BCUT2D eigenvalue weighted by Crippen LogP contribution is -2.08. The molecule has 0 saturated carbocycles. The minimum Gasteiger partial charge on any atom is -0.491 e. The maximum atomic E-state index is 9.22. The maximum Gasteiger partial charge on any atom is 0.119 e. The van der Waals surface area contributed by atoms with Crippen LogP contribution in [0.5, 0.6) is 23.0 Å². The molecule has 6 rings (SSSR count). The summed E-state index contributed by atoms with van der Waals surface area (Å²) in [4.78, 5) is 2.13. The summed E-state index contributed by atoms with van der Waals surface area (Å²) in [5.41, 5.74) is 9.86. The molecule has 0 radical (unpaired) electrons. The van der Waals surface area contributed by atoms with Crippen molar-refractivity contribution in [2.75, 3.05) is 57.8 Å². The molecule has 6 aromatic rings. The first kappa shape index (κ1) is 43.7. The van der Waals surface area contributed by atoms with E-state index in [0.29, 0.717) is 23.0 Å². The van der Waals surface area contributed by atoms with Crippen molar-refractivity contribution in [1.82, 2.24) is 0 Å². The number of benzene rings is 6. The van der Waals surface area contributed by atoms with Crippen LogP contribution in [0.15, 0.2) is 177 Å². The normalized spacial score (nSPS) is 11.2. The highest BCUT2D eigenvalue weighted by molar-refractivity contribution is 5.92. The molecule has 0 saturated heterocycles. The Bertz CT molecular complexity index is 2280. The molecule has 0 aliphatic carbocycles. The van der Waals surface area contributed by atoms with Gasteiger partial charge in [-0.15, -0.1) is 0 Å². The fraction of sp³-hybridized carbons (Fsp3) is 0.154. The molecule has 0 spiro atoms. The first-order chi connectivity index (χ1) is 30.0. The third-order valence-corrected chi connectivity index (χ3v) is 9.50. The second-order valence-corrected chi connectivity index (χ2v) is 13.6. The van der Waals surface area contributed by atoms with Crippen molar-refractivity contribution in [3.63, 3.8) is 0 Å². The number of allylic oxidation sites excluding steroid dienone is 4. The summed E-state index contributed by atoms with van der Waals surface area (Å²) in [7, 11) is 0. The summed E-state index contributed by atoms with van der Waals surface area (Å²) >= 11 is 0. The lowest BCUT2D eigenvalue weighted by Gasteiger charge is -2.21. The molecule has 0 aromatic heterocycles. The number of hydrogen-bond donors (Lipinski definition) is 4. The first-order valence-electron chi connectivity index (χ1n) is 20.1. The van der Waals surface area contributed by atoms with Crippen LogP contribution < -0.4 is 23.8 Å². The van der Waals surface area contributed by atoms with Gasteiger partial charge in [0.2, 0.25) is 0 Å². The molecule has 9 nitrogen and oxygen atoms in total. The molecule has 4 N–H and O–H groups in total. The van der Waals surface area contributed by atoms with Crippen LogP contribution in [0.2, 0.25) is 0 Å². The second-order valence-electron chi connectivity index (χ2n) is 13.6. The van der Waals surface area contributed by atoms with Gasteiger partial charge in [0.05, 0.1) is 26.4 Å². The van der Waals surface area contributed by atoms with E-state index in [1.165, 1.54) is 0 Å². The van der Waals surface area contributed by atoms with E-state index in [1.54, 1.807) is 0 Å². The number of anilines is 2. The smallest absolute Gasteiger partial charge is 0.119 e. The van der Waals surface area contributed by atoms with Gasteiger partial charge in [-0.2, -0.15) is 0 Å². The Balaban J connectivity index is 1.32. The molecule has 61 heavy (non-hydrogen) atoms. The van der Waals surface area contributed by atoms with Crippen molar-refractivity contribution in [3.05, 3.63) is 199 Å². The number of nitrogens with zero attached hydrogens (tertiary/aromatic N) is 1. The molecule has 0 aliphatic rings. The van der Waals surface area contributed by atoms with Crippen LogP contribution in [0.1, 0.15) is 22.3 Å². The van der Waals surface area contributed by atoms with E-state index < -0.39 is 0 Å². The van der Waals surface area contributed by atoms with Gasteiger partial charge in [0.1, 0.15) is 49.4 Å². The first-order valence-corrected chi connectivity index (χ1v) is 20.1. The zero-order valence-corrected chi connectivity index (χ0v) is 34.0. The Morgan fingerprint density at radius 3 is 1.21 bits per heavy atom. The standard InChI is InChI=1S/C52H51NO8/c1-2-40(41-9-21-48(22-10-41)58-34-30-54)4-3-29-53(47-19-7-42(8-20-47)43-11-23-49(24-12-43)59-35-31-55)46-17-5-39(6-18-46)38-52(44-13-25-50(26-14-44)60-36-32-56)45-15-27-51(28-16-45)61-37-33-57/h2-29,38,54-57H,1,30-37H2. The fourth-order valence-electron chi connectivity index (χ4n) is 6.48. The van der Waals surface area contributed by atoms with Gasteiger partial charge < -0.3 is 44.3 Å². The van der Waals surface area contributed by atoms with Crippen LogP contribution in [-0.2, 0) is 0 Å². The summed E-state index contributed by atoms with van der Waals surface area (Å²) in [6, 6.07) is 47.8. The Kier molecular flexibility index (Phi) is 16.5. The van der Waals surface area contributed by atoms with Gasteiger partial charge in [-0.3, -0.25) is 0 Å². The summed E-state index contributed by atoms with van der Waals surface area (Å²) < 4.78 is 22.3. The lowest BCUT2D eigenvalue weighted by atomic mass is 9.95. The van der Waals surface area contributed by atoms with E-state index in [0.717, 1.165) is 55.9 Å². The number of rotatable bonds is 22. The van der Waals surface area contributed by atoms with E-state index in [2.05, 4.69) is 66.1 Å². The van der Waals surface area contributed by atoms with Crippen LogP contribution in [-0.4, -0.2) is 73.3 Å². The molecule has 0 unspecified atom stereocenters. The molecule has 0 amide bonds. The molecular formula is C52H51NO8. The quantitative estimate of drug-likeness (QED) is 0.0393. The Labute approximate surface area is 357 Å². The third-order valence-electron chi connectivity index (χ3n) is 9.50. The molecule has 0 atom stereocenters. The molecule has 6 aromatic carbocycles. The number of aliphatic hydroxyl groups is 4. The van der Waals surface area contributed by atoms with Crippen molar-refractivity contribution < 1.29 is 39.4 Å². The summed E-state index contributed by atoms with van der Waals surface area (Å²) in [6.07, 6.45) is 10.0. The molecule has 0 heterocycles. The second kappa shape index (κ2) is 23.1. The largest absolute Gasteiger partial charge is 0.491 e. The predicted octanol–water partition coefficient (Wildman–Crippen LogP) is 9.35. The van der Waals surface area contributed by atoms with Crippen LogP contribution in [0, 0.1) is 0 Å².